The lowest BCUT2D eigenvalue weighted by molar-refractivity contribution is -0.115. The van der Waals surface area contributed by atoms with Gasteiger partial charge in [-0.2, -0.15) is 0 Å². The molecule has 7 nitrogen and oxygen atoms in total. The Kier molecular flexibility index (Phi) is 7.18. The maximum atomic E-state index is 13.5. The summed E-state index contributed by atoms with van der Waals surface area (Å²) in [6.07, 6.45) is 0. The summed E-state index contributed by atoms with van der Waals surface area (Å²) < 4.78 is 28.1. The number of carbonyl (C=O) groups excluding carboxylic acids is 2. The zero-order valence-electron chi connectivity index (χ0n) is 19.0. The van der Waals surface area contributed by atoms with Gasteiger partial charge in [0.2, 0.25) is 11.8 Å². The fourth-order valence-corrected chi connectivity index (χ4v) is 4.65. The smallest absolute Gasteiger partial charge is 0.264 e. The number of hydrogen-bond acceptors (Lipinski definition) is 4. The van der Waals surface area contributed by atoms with Crippen LogP contribution in [0.15, 0.2) is 71.6 Å². The van der Waals surface area contributed by atoms with Crippen LogP contribution >= 0.6 is 0 Å². The van der Waals surface area contributed by atoms with Gasteiger partial charge in [0.05, 0.1) is 10.6 Å². The van der Waals surface area contributed by atoms with Crippen molar-refractivity contribution >= 4 is 38.9 Å². The first-order chi connectivity index (χ1) is 15.6. The van der Waals surface area contributed by atoms with Crippen molar-refractivity contribution in [3.63, 3.8) is 0 Å². The Morgan fingerprint density at radius 2 is 1.45 bits per heavy atom. The average Bonchev–Trinajstić information content (AvgIpc) is 2.74. The van der Waals surface area contributed by atoms with E-state index in [1.54, 1.807) is 48.5 Å². The Morgan fingerprint density at radius 1 is 0.818 bits per heavy atom. The average molecular weight is 466 g/mol. The third kappa shape index (κ3) is 5.98. The van der Waals surface area contributed by atoms with Crippen LogP contribution in [0, 0.1) is 20.8 Å². The van der Waals surface area contributed by atoms with E-state index in [0.717, 1.165) is 21.0 Å². The van der Waals surface area contributed by atoms with E-state index in [-0.39, 0.29) is 10.8 Å². The highest BCUT2D eigenvalue weighted by atomic mass is 32.2. The van der Waals surface area contributed by atoms with E-state index in [1.165, 1.54) is 19.1 Å². The van der Waals surface area contributed by atoms with Crippen LogP contribution in [0.2, 0.25) is 0 Å². The van der Waals surface area contributed by atoms with E-state index in [1.807, 2.05) is 26.8 Å². The van der Waals surface area contributed by atoms with Crippen LogP contribution in [0.4, 0.5) is 17.1 Å². The molecule has 0 radical (unpaired) electrons. The third-order valence-electron chi connectivity index (χ3n) is 5.14. The topological polar surface area (TPSA) is 95.6 Å². The molecular formula is C25H27N3O4S. The third-order valence-corrected chi connectivity index (χ3v) is 6.93. The molecule has 0 aliphatic rings. The summed E-state index contributed by atoms with van der Waals surface area (Å²) in [6, 6.07) is 18.4. The minimum atomic E-state index is -4.00. The van der Waals surface area contributed by atoms with Gasteiger partial charge in [0.25, 0.3) is 10.0 Å². The van der Waals surface area contributed by atoms with Gasteiger partial charge in [-0.05, 0) is 74.4 Å². The predicted octanol–water partition coefficient (Wildman–Crippen LogP) is 4.40. The molecule has 0 unspecified atom stereocenters. The van der Waals surface area contributed by atoms with Crippen molar-refractivity contribution in [2.45, 2.75) is 32.6 Å². The first-order valence-electron chi connectivity index (χ1n) is 10.4. The van der Waals surface area contributed by atoms with Crippen molar-refractivity contribution in [2.24, 2.45) is 0 Å². The Labute approximate surface area is 194 Å². The van der Waals surface area contributed by atoms with Gasteiger partial charge < -0.3 is 10.6 Å². The second-order valence-electron chi connectivity index (χ2n) is 7.90. The van der Waals surface area contributed by atoms with Crippen molar-refractivity contribution in [1.29, 1.82) is 0 Å². The standard InChI is InChI=1S/C25H27N3O4S/c1-17-8-12-24(13-9-17)33(31,32)28(23-11-10-18(2)19(3)14-23)16-25(30)27-22-7-5-6-21(15-22)26-20(4)29/h5-15H,16H2,1-4H3,(H,26,29)(H,27,30). The summed E-state index contributed by atoms with van der Waals surface area (Å²) in [6.45, 7) is 6.68. The summed E-state index contributed by atoms with van der Waals surface area (Å²) in [4.78, 5) is 24.3. The lowest BCUT2D eigenvalue weighted by atomic mass is 10.1. The van der Waals surface area contributed by atoms with Gasteiger partial charge in [-0.3, -0.25) is 13.9 Å². The first-order valence-corrected chi connectivity index (χ1v) is 11.8. The molecule has 0 heterocycles. The van der Waals surface area contributed by atoms with Gasteiger partial charge in [-0.1, -0.05) is 29.8 Å². The number of sulfonamides is 1. The summed E-state index contributed by atoms with van der Waals surface area (Å²) in [5, 5.41) is 5.37. The fourth-order valence-electron chi connectivity index (χ4n) is 3.24. The molecule has 2 N–H and O–H groups in total. The largest absolute Gasteiger partial charge is 0.326 e. The van der Waals surface area contributed by atoms with Crippen LogP contribution in [0.1, 0.15) is 23.6 Å². The molecule has 0 fully saturated rings. The van der Waals surface area contributed by atoms with E-state index < -0.39 is 22.5 Å². The van der Waals surface area contributed by atoms with Crippen molar-refractivity contribution in [1.82, 2.24) is 0 Å². The van der Waals surface area contributed by atoms with Gasteiger partial charge in [0.1, 0.15) is 6.54 Å². The first kappa shape index (κ1) is 24.0. The quantitative estimate of drug-likeness (QED) is 0.540. The normalized spacial score (nSPS) is 11.0. The molecule has 0 saturated heterocycles. The Balaban J connectivity index is 1.93. The SMILES string of the molecule is CC(=O)Nc1cccc(NC(=O)CN(c2ccc(C)c(C)c2)S(=O)(=O)c2ccc(C)cc2)c1. The number of aryl methyl sites for hydroxylation is 3. The zero-order chi connectivity index (χ0) is 24.2. The van der Waals surface area contributed by atoms with Crippen molar-refractivity contribution in [3.05, 3.63) is 83.4 Å². The Hall–Kier alpha value is -3.65. The molecule has 0 aliphatic carbocycles. The molecule has 33 heavy (non-hydrogen) atoms. The highest BCUT2D eigenvalue weighted by Crippen LogP contribution is 2.26. The molecule has 0 saturated carbocycles. The van der Waals surface area contributed by atoms with Crippen molar-refractivity contribution in [3.8, 4) is 0 Å². The maximum Gasteiger partial charge on any atom is 0.264 e. The maximum absolute atomic E-state index is 13.5. The molecular weight excluding hydrogens is 438 g/mol. The summed E-state index contributed by atoms with van der Waals surface area (Å²) in [5.41, 5.74) is 4.24. The molecule has 2 amide bonds. The van der Waals surface area contributed by atoms with Crippen LogP contribution in [0.5, 0.6) is 0 Å². The lowest BCUT2D eigenvalue weighted by Crippen LogP contribution is -2.38. The van der Waals surface area contributed by atoms with Gasteiger partial charge >= 0.3 is 0 Å². The van der Waals surface area contributed by atoms with Crippen molar-refractivity contribution in [2.75, 3.05) is 21.5 Å². The van der Waals surface area contributed by atoms with Crippen LogP contribution in [-0.2, 0) is 19.6 Å². The summed E-state index contributed by atoms with van der Waals surface area (Å²) in [5.74, 6) is -0.743. The molecule has 8 heteroatoms. The van der Waals surface area contributed by atoms with E-state index in [4.69, 9.17) is 0 Å². The summed E-state index contributed by atoms with van der Waals surface area (Å²) >= 11 is 0. The highest BCUT2D eigenvalue weighted by molar-refractivity contribution is 7.92. The minimum absolute atomic E-state index is 0.104. The molecule has 3 aromatic rings. The van der Waals surface area contributed by atoms with Gasteiger partial charge in [0.15, 0.2) is 0 Å². The van der Waals surface area contributed by atoms with Crippen LogP contribution < -0.4 is 14.9 Å². The Bertz CT molecular complexity index is 1290. The molecule has 0 aromatic heterocycles. The number of anilines is 3. The molecule has 3 rings (SSSR count). The number of nitrogens with zero attached hydrogens (tertiary/aromatic N) is 1. The number of nitrogens with one attached hydrogen (secondary N) is 2. The molecule has 0 aliphatic heterocycles. The van der Waals surface area contributed by atoms with Gasteiger partial charge in [-0.25, -0.2) is 8.42 Å². The zero-order valence-corrected chi connectivity index (χ0v) is 19.9. The fraction of sp³-hybridized carbons (Fsp3) is 0.200. The van der Waals surface area contributed by atoms with Gasteiger partial charge in [0, 0.05) is 18.3 Å². The highest BCUT2D eigenvalue weighted by Gasteiger charge is 2.27. The minimum Gasteiger partial charge on any atom is -0.326 e. The number of rotatable bonds is 7. The van der Waals surface area contributed by atoms with Gasteiger partial charge in [-0.15, -0.1) is 0 Å². The number of amides is 2. The monoisotopic (exact) mass is 465 g/mol. The number of benzene rings is 3. The summed E-state index contributed by atoms with van der Waals surface area (Å²) in [7, 11) is -4.00. The Morgan fingerprint density at radius 3 is 2.06 bits per heavy atom. The lowest BCUT2D eigenvalue weighted by Gasteiger charge is -2.25. The number of hydrogen-bond donors (Lipinski definition) is 2. The van der Waals surface area contributed by atoms with Crippen LogP contribution in [0.25, 0.3) is 0 Å². The second kappa shape index (κ2) is 9.87. The molecule has 0 spiro atoms. The molecule has 3 aromatic carbocycles. The van der Waals surface area contributed by atoms with Crippen LogP contribution in [0.3, 0.4) is 0 Å². The number of carbonyl (C=O) groups is 2. The van der Waals surface area contributed by atoms with E-state index in [2.05, 4.69) is 10.6 Å². The molecule has 0 bridgehead atoms. The van der Waals surface area contributed by atoms with E-state index >= 15 is 0 Å². The molecule has 0 atom stereocenters. The predicted molar refractivity (Wildman–Crippen MR) is 131 cm³/mol. The van der Waals surface area contributed by atoms with Crippen LogP contribution in [-0.4, -0.2) is 26.8 Å². The molecule has 172 valence electrons. The second-order valence-corrected chi connectivity index (χ2v) is 9.77. The van der Waals surface area contributed by atoms with Crippen molar-refractivity contribution < 1.29 is 18.0 Å². The van der Waals surface area contributed by atoms with E-state index in [9.17, 15) is 18.0 Å². The van der Waals surface area contributed by atoms with E-state index in [0.29, 0.717) is 17.1 Å².